The molecule has 3 unspecified atom stereocenters. The third-order valence-electron chi connectivity index (χ3n) is 7.35. The molecule has 1 nitrogen and oxygen atoms in total. The topological polar surface area (TPSA) is 20.2 Å². The third-order valence-corrected chi connectivity index (χ3v) is 10.9. The first-order valence-corrected chi connectivity index (χ1v) is 14.3. The summed E-state index contributed by atoms with van der Waals surface area (Å²) in [6.07, 6.45) is 15.1. The number of phenols is 1. The molecule has 0 aromatic heterocycles. The van der Waals surface area contributed by atoms with Crippen LogP contribution in [-0.4, -0.2) is 20.1 Å². The van der Waals surface area contributed by atoms with Gasteiger partial charge in [0.1, 0.15) is 0 Å². The standard InChI is InChI=1S/C28H48OSe/c1-20(2)11-8-12-21(3)13-9-14-22(4)15-10-17-28(7)18-16-25-24(6)26(29)19-23(5)27(25)30-28/h19-22,29H,8-18H2,1-7H3. The molecule has 0 radical (unpaired) electrons. The van der Waals surface area contributed by atoms with Crippen molar-refractivity contribution in [3.63, 3.8) is 0 Å². The summed E-state index contributed by atoms with van der Waals surface area (Å²) in [7, 11) is 0. The van der Waals surface area contributed by atoms with E-state index < -0.39 is 0 Å². The fraction of sp³-hybridized carbons (Fsp3) is 0.786. The Labute approximate surface area is 194 Å². The van der Waals surface area contributed by atoms with Gasteiger partial charge in [-0.1, -0.05) is 13.8 Å². The zero-order valence-corrected chi connectivity index (χ0v) is 22.7. The fourth-order valence-corrected chi connectivity index (χ4v) is 8.28. The molecule has 3 atom stereocenters. The zero-order valence-electron chi connectivity index (χ0n) is 20.9. The third kappa shape index (κ3) is 7.90. The first kappa shape index (κ1) is 25.8. The van der Waals surface area contributed by atoms with Crippen molar-refractivity contribution in [3.05, 3.63) is 22.8 Å². The summed E-state index contributed by atoms with van der Waals surface area (Å²) in [5, 5.41) is 10.2. The van der Waals surface area contributed by atoms with Gasteiger partial charge in [0.2, 0.25) is 0 Å². The number of rotatable bonds is 12. The van der Waals surface area contributed by atoms with Crippen LogP contribution in [0.3, 0.4) is 0 Å². The Morgan fingerprint density at radius 1 is 0.933 bits per heavy atom. The average molecular weight is 480 g/mol. The molecule has 2 heteroatoms. The number of aromatic hydroxyl groups is 1. The number of fused-ring (bicyclic) bond motifs is 1. The van der Waals surface area contributed by atoms with Gasteiger partial charge in [-0.15, -0.1) is 0 Å². The van der Waals surface area contributed by atoms with Crippen LogP contribution in [0.15, 0.2) is 6.07 Å². The predicted octanol–water partition coefficient (Wildman–Crippen LogP) is 7.90. The van der Waals surface area contributed by atoms with Gasteiger partial charge in [-0.2, -0.15) is 0 Å². The number of benzene rings is 1. The Balaban J connectivity index is 1.69. The molecule has 0 fully saturated rings. The Bertz CT molecular complexity index is 665. The summed E-state index contributed by atoms with van der Waals surface area (Å²) in [4.78, 5) is 0. The van der Waals surface area contributed by atoms with Gasteiger partial charge in [-0.25, -0.2) is 0 Å². The Hall–Kier alpha value is -0.461. The second-order valence-corrected chi connectivity index (χ2v) is 14.4. The molecule has 0 amide bonds. The van der Waals surface area contributed by atoms with E-state index in [1.807, 2.05) is 6.07 Å². The fourth-order valence-electron chi connectivity index (χ4n) is 5.05. The molecular weight excluding hydrogens is 431 g/mol. The molecular formula is C28H48OSe. The predicted molar refractivity (Wildman–Crippen MR) is 134 cm³/mol. The Morgan fingerprint density at radius 2 is 1.50 bits per heavy atom. The summed E-state index contributed by atoms with van der Waals surface area (Å²) in [5.74, 6) is 3.14. The van der Waals surface area contributed by atoms with Crippen LogP contribution < -0.4 is 4.46 Å². The van der Waals surface area contributed by atoms with Crippen LogP contribution in [0.2, 0.25) is 4.31 Å². The molecule has 1 aromatic carbocycles. The van der Waals surface area contributed by atoms with Crippen molar-refractivity contribution < 1.29 is 5.11 Å². The van der Waals surface area contributed by atoms with Crippen LogP contribution in [0.4, 0.5) is 0 Å². The normalized spacial score (nSPS) is 20.9. The minimum atomic E-state index is 0.494. The van der Waals surface area contributed by atoms with Crippen LogP contribution in [0.25, 0.3) is 0 Å². The van der Waals surface area contributed by atoms with Gasteiger partial charge < -0.3 is 0 Å². The molecule has 172 valence electrons. The van der Waals surface area contributed by atoms with Crippen molar-refractivity contribution in [2.24, 2.45) is 17.8 Å². The van der Waals surface area contributed by atoms with E-state index >= 15 is 0 Å². The van der Waals surface area contributed by atoms with Gasteiger partial charge in [0.05, 0.1) is 0 Å². The van der Waals surface area contributed by atoms with Gasteiger partial charge in [0.25, 0.3) is 0 Å². The van der Waals surface area contributed by atoms with Crippen molar-refractivity contribution in [3.8, 4) is 5.75 Å². The first-order chi connectivity index (χ1) is 14.1. The van der Waals surface area contributed by atoms with Crippen molar-refractivity contribution in [2.45, 2.75) is 123 Å². The SMILES string of the molecule is Cc1cc(O)c(C)c2c1[Se]C(C)(CCCC(C)CCCC(C)CCCC(C)C)CC2. The van der Waals surface area contributed by atoms with E-state index in [1.54, 1.807) is 4.46 Å². The molecule has 0 saturated carbocycles. The van der Waals surface area contributed by atoms with Crippen molar-refractivity contribution >= 4 is 19.4 Å². The zero-order chi connectivity index (χ0) is 22.3. The molecule has 1 aromatic rings. The summed E-state index contributed by atoms with van der Waals surface area (Å²) in [6, 6.07) is 1.99. The molecule has 1 heterocycles. The number of hydrogen-bond donors (Lipinski definition) is 1. The van der Waals surface area contributed by atoms with E-state index in [0.717, 1.165) is 29.7 Å². The van der Waals surface area contributed by atoms with Crippen LogP contribution >= 0.6 is 0 Å². The average Bonchev–Trinajstić information content (AvgIpc) is 2.66. The monoisotopic (exact) mass is 480 g/mol. The molecule has 1 N–H and O–H groups in total. The van der Waals surface area contributed by atoms with Crippen molar-refractivity contribution in [1.82, 2.24) is 0 Å². The van der Waals surface area contributed by atoms with Gasteiger partial charge >= 0.3 is 174 Å². The first-order valence-electron chi connectivity index (χ1n) is 12.6. The second-order valence-electron chi connectivity index (χ2n) is 11.1. The summed E-state index contributed by atoms with van der Waals surface area (Å²) in [5.41, 5.74) is 3.90. The molecule has 1 aliphatic heterocycles. The Morgan fingerprint density at radius 3 is 2.10 bits per heavy atom. The quantitative estimate of drug-likeness (QED) is 0.302. The summed E-state index contributed by atoms with van der Waals surface area (Å²) >= 11 is 0.526. The molecule has 30 heavy (non-hydrogen) atoms. The van der Waals surface area contributed by atoms with Gasteiger partial charge in [-0.3, -0.25) is 0 Å². The number of phenolic OH excluding ortho intramolecular Hbond substituents is 1. The van der Waals surface area contributed by atoms with Crippen LogP contribution in [0.1, 0.15) is 116 Å². The maximum absolute atomic E-state index is 10.2. The van der Waals surface area contributed by atoms with Crippen molar-refractivity contribution in [2.75, 3.05) is 0 Å². The molecule has 0 saturated heterocycles. The van der Waals surface area contributed by atoms with Gasteiger partial charge in [-0.05, 0) is 5.92 Å². The van der Waals surface area contributed by atoms with E-state index in [9.17, 15) is 5.11 Å². The van der Waals surface area contributed by atoms with E-state index in [2.05, 4.69) is 48.5 Å². The van der Waals surface area contributed by atoms with Crippen LogP contribution in [0, 0.1) is 31.6 Å². The number of hydrogen-bond acceptors (Lipinski definition) is 1. The molecule has 0 spiro atoms. The minimum absolute atomic E-state index is 0.494. The molecule has 0 bridgehead atoms. The molecule has 2 rings (SSSR count). The van der Waals surface area contributed by atoms with Crippen LogP contribution in [0.5, 0.6) is 5.75 Å². The number of aryl methyl sites for hydroxylation is 1. The van der Waals surface area contributed by atoms with E-state index in [0.29, 0.717) is 25.0 Å². The maximum atomic E-state index is 10.2. The van der Waals surface area contributed by atoms with E-state index in [1.165, 1.54) is 75.3 Å². The van der Waals surface area contributed by atoms with Gasteiger partial charge in [0, 0.05) is 0 Å². The molecule has 1 aliphatic rings. The van der Waals surface area contributed by atoms with E-state index in [-0.39, 0.29) is 0 Å². The van der Waals surface area contributed by atoms with E-state index in [4.69, 9.17) is 0 Å². The second kappa shape index (κ2) is 12.0. The molecule has 0 aliphatic carbocycles. The summed E-state index contributed by atoms with van der Waals surface area (Å²) in [6.45, 7) is 16.4. The Kier molecular flexibility index (Phi) is 10.3. The van der Waals surface area contributed by atoms with Crippen LogP contribution in [-0.2, 0) is 6.42 Å². The van der Waals surface area contributed by atoms with Gasteiger partial charge in [0.15, 0.2) is 0 Å². The van der Waals surface area contributed by atoms with Crippen molar-refractivity contribution in [1.29, 1.82) is 0 Å². The summed E-state index contributed by atoms with van der Waals surface area (Å²) < 4.78 is 2.09.